The Bertz CT molecular complexity index is 534. The average Bonchev–Trinajstić information content (AvgIpc) is 2.55. The first kappa shape index (κ1) is 19.0. The number of amides is 2. The second-order valence-corrected chi connectivity index (χ2v) is 5.47. The van der Waals surface area contributed by atoms with Gasteiger partial charge in [-0.1, -0.05) is 36.2 Å². The lowest BCUT2D eigenvalue weighted by atomic mass is 10.1. The zero-order valence-electron chi connectivity index (χ0n) is 13.0. The lowest BCUT2D eigenvalue weighted by molar-refractivity contribution is -0.129. The molecule has 1 aromatic rings. The van der Waals surface area contributed by atoms with Gasteiger partial charge in [0.15, 0.2) is 0 Å². The molecule has 0 aliphatic carbocycles. The molecule has 1 aromatic carbocycles. The number of carbonyl (C=O) groups is 2. The van der Waals surface area contributed by atoms with Gasteiger partial charge in [-0.2, -0.15) is 9.52 Å². The van der Waals surface area contributed by atoms with Crippen LogP contribution < -0.4 is 11.0 Å². The van der Waals surface area contributed by atoms with Crippen LogP contribution in [-0.4, -0.2) is 27.7 Å². The number of nitrogens with zero attached hydrogens (tertiary/aromatic N) is 2. The van der Waals surface area contributed by atoms with Gasteiger partial charge in [0.2, 0.25) is 5.91 Å². The standard InChI is InChI=1S/C15H22N4O3S/c1-12-7-9-13(10-8-12)11-16-18-19(23)15(21)6-4-2-3-5-14(20)17-22/h7-11,18,22-23H,2-6H2,1H3,(H,17,20)/b16-11+. The summed E-state index contributed by atoms with van der Waals surface area (Å²) in [6.45, 7) is 2.00. The molecule has 0 saturated carbocycles. The molecule has 0 fully saturated rings. The molecule has 0 aliphatic heterocycles. The van der Waals surface area contributed by atoms with Crippen LogP contribution in [0, 0.1) is 6.92 Å². The fourth-order valence-corrected chi connectivity index (χ4v) is 1.92. The van der Waals surface area contributed by atoms with Crippen LogP contribution in [0.15, 0.2) is 29.4 Å². The predicted molar refractivity (Wildman–Crippen MR) is 90.8 cm³/mol. The van der Waals surface area contributed by atoms with E-state index < -0.39 is 5.91 Å². The average molecular weight is 338 g/mol. The number of hydrogen-bond donors (Lipinski definition) is 4. The Balaban J connectivity index is 2.20. The summed E-state index contributed by atoms with van der Waals surface area (Å²) in [4.78, 5) is 22.6. The molecule has 0 atom stereocenters. The first-order valence-corrected chi connectivity index (χ1v) is 7.73. The highest BCUT2D eigenvalue weighted by atomic mass is 32.1. The summed E-state index contributed by atoms with van der Waals surface area (Å²) in [5, 5.41) is 12.3. The molecular formula is C15H22N4O3S. The highest BCUT2D eigenvalue weighted by Crippen LogP contribution is 2.06. The van der Waals surface area contributed by atoms with Gasteiger partial charge in [0.05, 0.1) is 6.21 Å². The minimum Gasteiger partial charge on any atom is -0.289 e. The number of thiol groups is 1. The van der Waals surface area contributed by atoms with Crippen molar-refractivity contribution in [3.63, 3.8) is 0 Å². The Morgan fingerprint density at radius 1 is 1.22 bits per heavy atom. The van der Waals surface area contributed by atoms with Crippen LogP contribution in [0.2, 0.25) is 0 Å². The predicted octanol–water partition coefficient (Wildman–Crippen LogP) is 1.96. The maximum absolute atomic E-state index is 11.8. The summed E-state index contributed by atoms with van der Waals surface area (Å²) in [7, 11) is 0. The summed E-state index contributed by atoms with van der Waals surface area (Å²) in [6.07, 6.45) is 4.12. The number of nitrogens with one attached hydrogen (secondary N) is 2. The molecule has 0 spiro atoms. The number of hydrogen-bond acceptors (Lipinski definition) is 6. The van der Waals surface area contributed by atoms with Gasteiger partial charge in [0, 0.05) is 12.8 Å². The van der Waals surface area contributed by atoms with E-state index in [1.165, 1.54) is 0 Å². The lowest BCUT2D eigenvalue weighted by Gasteiger charge is -2.13. The monoisotopic (exact) mass is 338 g/mol. The van der Waals surface area contributed by atoms with Crippen LogP contribution in [0.3, 0.4) is 0 Å². The zero-order chi connectivity index (χ0) is 17.1. The molecule has 0 bridgehead atoms. The lowest BCUT2D eigenvalue weighted by Crippen LogP contribution is -2.31. The SMILES string of the molecule is Cc1ccc(/C=N/NN(S)C(=O)CCCCCC(=O)NO)cc1. The van der Waals surface area contributed by atoms with E-state index in [2.05, 4.69) is 23.5 Å². The number of hydrazine groups is 1. The number of rotatable bonds is 9. The number of aryl methyl sites for hydroxylation is 1. The summed E-state index contributed by atoms with van der Waals surface area (Å²) in [5.41, 5.74) is 6.18. The van der Waals surface area contributed by atoms with Crippen molar-refractivity contribution in [2.45, 2.75) is 39.0 Å². The maximum Gasteiger partial charge on any atom is 0.252 e. The third-order valence-corrected chi connectivity index (χ3v) is 3.41. The maximum atomic E-state index is 11.8. The Morgan fingerprint density at radius 3 is 2.52 bits per heavy atom. The second-order valence-electron chi connectivity index (χ2n) is 5.07. The van der Waals surface area contributed by atoms with Gasteiger partial charge in [-0.3, -0.25) is 14.8 Å². The molecule has 3 N–H and O–H groups in total. The van der Waals surface area contributed by atoms with Gasteiger partial charge in [-0.25, -0.2) is 11.0 Å². The third-order valence-electron chi connectivity index (χ3n) is 3.10. The van der Waals surface area contributed by atoms with E-state index in [0.717, 1.165) is 15.5 Å². The van der Waals surface area contributed by atoms with Crippen molar-refractivity contribution < 1.29 is 14.8 Å². The second kappa shape index (κ2) is 10.6. The number of carbonyl (C=O) groups excluding carboxylic acids is 2. The molecule has 1 rings (SSSR count). The summed E-state index contributed by atoms with van der Waals surface area (Å²) < 4.78 is 1.03. The highest BCUT2D eigenvalue weighted by molar-refractivity contribution is 7.78. The minimum absolute atomic E-state index is 0.207. The van der Waals surface area contributed by atoms with Gasteiger partial charge in [-0.05, 0) is 38.1 Å². The summed E-state index contributed by atoms with van der Waals surface area (Å²) in [6, 6.07) is 7.80. The number of unbranched alkanes of at least 4 members (excludes halogenated alkanes) is 2. The zero-order valence-corrected chi connectivity index (χ0v) is 13.9. The smallest absolute Gasteiger partial charge is 0.252 e. The molecule has 7 nitrogen and oxygen atoms in total. The molecule has 0 unspecified atom stereocenters. The van der Waals surface area contributed by atoms with E-state index in [1.807, 2.05) is 31.2 Å². The molecular weight excluding hydrogens is 316 g/mol. The molecule has 0 aliphatic rings. The normalized spacial score (nSPS) is 10.6. The van der Waals surface area contributed by atoms with Crippen LogP contribution >= 0.6 is 12.8 Å². The van der Waals surface area contributed by atoms with E-state index in [1.54, 1.807) is 11.7 Å². The van der Waals surface area contributed by atoms with Crippen LogP contribution in [0.25, 0.3) is 0 Å². The molecule has 0 saturated heterocycles. The van der Waals surface area contributed by atoms with E-state index in [-0.39, 0.29) is 12.3 Å². The molecule has 23 heavy (non-hydrogen) atoms. The van der Waals surface area contributed by atoms with Crippen molar-refractivity contribution in [3.8, 4) is 0 Å². The first-order chi connectivity index (χ1) is 11.0. The number of hydroxylamine groups is 1. The molecule has 2 amide bonds. The Labute approximate surface area is 141 Å². The van der Waals surface area contributed by atoms with Gasteiger partial charge in [0.25, 0.3) is 5.91 Å². The van der Waals surface area contributed by atoms with Gasteiger partial charge < -0.3 is 0 Å². The Hall–Kier alpha value is -2.06. The third kappa shape index (κ3) is 8.22. The fraction of sp³-hybridized carbons (Fsp3) is 0.400. The van der Waals surface area contributed by atoms with E-state index in [0.29, 0.717) is 25.7 Å². The van der Waals surface area contributed by atoms with E-state index >= 15 is 0 Å². The Morgan fingerprint density at radius 2 is 1.87 bits per heavy atom. The van der Waals surface area contributed by atoms with Gasteiger partial charge in [-0.15, -0.1) is 0 Å². The van der Waals surface area contributed by atoms with Crippen molar-refractivity contribution in [3.05, 3.63) is 35.4 Å². The minimum atomic E-state index is -0.417. The van der Waals surface area contributed by atoms with Crippen LogP contribution in [0.1, 0.15) is 43.2 Å². The van der Waals surface area contributed by atoms with Crippen molar-refractivity contribution in [2.24, 2.45) is 5.10 Å². The first-order valence-electron chi connectivity index (χ1n) is 7.33. The van der Waals surface area contributed by atoms with Crippen LogP contribution in [0.4, 0.5) is 0 Å². The fourth-order valence-electron chi connectivity index (χ4n) is 1.77. The molecule has 126 valence electrons. The van der Waals surface area contributed by atoms with Crippen molar-refractivity contribution >= 4 is 30.8 Å². The summed E-state index contributed by atoms with van der Waals surface area (Å²) >= 11 is 4.02. The van der Waals surface area contributed by atoms with E-state index in [9.17, 15) is 9.59 Å². The number of benzene rings is 1. The van der Waals surface area contributed by atoms with Crippen molar-refractivity contribution in [2.75, 3.05) is 0 Å². The number of hydrazone groups is 1. The molecule has 8 heteroatoms. The molecule has 0 heterocycles. The topological polar surface area (TPSA) is 94.0 Å². The summed E-state index contributed by atoms with van der Waals surface area (Å²) in [5.74, 6) is -0.625. The van der Waals surface area contributed by atoms with Gasteiger partial charge >= 0.3 is 0 Å². The highest BCUT2D eigenvalue weighted by Gasteiger charge is 2.08. The molecule has 0 aromatic heterocycles. The quantitative estimate of drug-likeness (QED) is 0.182. The van der Waals surface area contributed by atoms with Gasteiger partial charge in [0.1, 0.15) is 0 Å². The van der Waals surface area contributed by atoms with E-state index in [4.69, 9.17) is 5.21 Å². The van der Waals surface area contributed by atoms with Crippen molar-refractivity contribution in [1.82, 2.24) is 15.4 Å². The Kier molecular flexibility index (Phi) is 8.78. The molecule has 0 radical (unpaired) electrons. The largest absolute Gasteiger partial charge is 0.289 e. The van der Waals surface area contributed by atoms with Crippen molar-refractivity contribution in [1.29, 1.82) is 0 Å². The van der Waals surface area contributed by atoms with Crippen LogP contribution in [-0.2, 0) is 9.59 Å². The van der Waals surface area contributed by atoms with Crippen LogP contribution in [0.5, 0.6) is 0 Å².